The highest BCUT2D eigenvalue weighted by Crippen LogP contribution is 2.36. The first-order valence-electron chi connectivity index (χ1n) is 5.00. The van der Waals surface area contributed by atoms with Crippen molar-refractivity contribution in [3.8, 4) is 0 Å². The maximum Gasteiger partial charge on any atom is 0.407 e. The van der Waals surface area contributed by atoms with Crippen LogP contribution in [-0.2, 0) is 0 Å². The van der Waals surface area contributed by atoms with Crippen LogP contribution in [0.5, 0.6) is 0 Å². The number of hydrogen-bond donors (Lipinski definition) is 2. The van der Waals surface area contributed by atoms with Gasteiger partial charge in [0, 0.05) is 19.6 Å². The minimum absolute atomic E-state index is 0. The van der Waals surface area contributed by atoms with Gasteiger partial charge in [-0.2, -0.15) is 0 Å². The van der Waals surface area contributed by atoms with Gasteiger partial charge in [0.05, 0.1) is 5.54 Å². The second-order valence-electron chi connectivity index (χ2n) is 5.13. The van der Waals surface area contributed by atoms with Crippen LogP contribution in [-0.4, -0.2) is 41.3 Å². The normalized spacial score (nSPS) is 27.1. The zero-order valence-electron chi connectivity index (χ0n) is 9.83. The van der Waals surface area contributed by atoms with Crippen molar-refractivity contribution in [1.82, 2.24) is 10.2 Å². The third kappa shape index (κ3) is 2.55. The van der Waals surface area contributed by atoms with E-state index < -0.39 is 6.09 Å². The van der Waals surface area contributed by atoms with Gasteiger partial charge in [0.25, 0.3) is 0 Å². The van der Waals surface area contributed by atoms with E-state index in [0.29, 0.717) is 6.54 Å². The van der Waals surface area contributed by atoms with Crippen molar-refractivity contribution >= 4 is 18.5 Å². The van der Waals surface area contributed by atoms with Gasteiger partial charge in [0.1, 0.15) is 0 Å². The molecule has 4 nitrogen and oxygen atoms in total. The van der Waals surface area contributed by atoms with Gasteiger partial charge in [-0.15, -0.1) is 12.4 Å². The zero-order chi connectivity index (χ0) is 11.0. The summed E-state index contributed by atoms with van der Waals surface area (Å²) in [5.41, 5.74) is -0.379. The number of amides is 1. The van der Waals surface area contributed by atoms with Gasteiger partial charge in [-0.25, -0.2) is 4.79 Å². The second-order valence-corrected chi connectivity index (χ2v) is 5.13. The van der Waals surface area contributed by atoms with Crippen molar-refractivity contribution in [2.75, 3.05) is 19.6 Å². The lowest BCUT2D eigenvalue weighted by atomic mass is 9.73. The molecule has 5 heteroatoms. The summed E-state index contributed by atoms with van der Waals surface area (Å²) >= 11 is 0. The molecule has 1 aliphatic rings. The summed E-state index contributed by atoms with van der Waals surface area (Å²) in [6, 6.07) is 0. The molecule has 0 saturated carbocycles. The van der Waals surface area contributed by atoms with E-state index in [9.17, 15) is 4.79 Å². The first-order chi connectivity index (χ1) is 6.29. The Hall–Kier alpha value is -0.480. The first-order valence-corrected chi connectivity index (χ1v) is 5.00. The highest BCUT2D eigenvalue weighted by molar-refractivity contribution is 5.85. The molecule has 1 saturated heterocycles. The fraction of sp³-hybridized carbons (Fsp3) is 0.900. The van der Waals surface area contributed by atoms with Gasteiger partial charge in [0.15, 0.2) is 0 Å². The van der Waals surface area contributed by atoms with Crippen molar-refractivity contribution in [2.45, 2.75) is 33.2 Å². The van der Waals surface area contributed by atoms with E-state index in [1.54, 1.807) is 4.90 Å². The van der Waals surface area contributed by atoms with E-state index in [1.807, 2.05) is 6.92 Å². The second kappa shape index (κ2) is 4.58. The topological polar surface area (TPSA) is 52.6 Å². The van der Waals surface area contributed by atoms with Gasteiger partial charge in [0.2, 0.25) is 0 Å². The van der Waals surface area contributed by atoms with Gasteiger partial charge in [-0.1, -0.05) is 20.8 Å². The van der Waals surface area contributed by atoms with Crippen LogP contribution >= 0.6 is 12.4 Å². The van der Waals surface area contributed by atoms with Crippen LogP contribution in [0, 0.1) is 5.41 Å². The molecule has 0 bridgehead atoms. The lowest BCUT2D eigenvalue weighted by Crippen LogP contribution is -2.66. The Kier molecular flexibility index (Phi) is 4.43. The average Bonchev–Trinajstić information content (AvgIpc) is 2.02. The molecular weight excluding hydrogens is 216 g/mol. The first kappa shape index (κ1) is 14.5. The van der Waals surface area contributed by atoms with Crippen LogP contribution in [0.1, 0.15) is 27.7 Å². The van der Waals surface area contributed by atoms with Crippen molar-refractivity contribution in [3.63, 3.8) is 0 Å². The quantitative estimate of drug-likeness (QED) is 0.674. The molecular formula is C10H21ClN2O2. The standard InChI is InChI=1S/C10H20N2O2.ClH/c1-9(2,3)10(4)7-11-5-6-12(10)8(13)14;/h11H,5-7H2,1-4H3,(H,13,14);1H/t10-;/m0./s1. The fourth-order valence-electron chi connectivity index (χ4n) is 1.84. The Balaban J connectivity index is 0.00000196. The Morgan fingerprint density at radius 3 is 2.33 bits per heavy atom. The molecule has 0 aromatic heterocycles. The molecule has 1 atom stereocenters. The summed E-state index contributed by atoms with van der Waals surface area (Å²) in [6.45, 7) is 10.3. The maximum absolute atomic E-state index is 11.1. The number of carbonyl (C=O) groups is 1. The largest absolute Gasteiger partial charge is 0.465 e. The molecule has 0 aromatic carbocycles. The van der Waals surface area contributed by atoms with E-state index >= 15 is 0 Å². The number of rotatable bonds is 0. The summed E-state index contributed by atoms with van der Waals surface area (Å²) in [6.07, 6.45) is -0.816. The Bertz CT molecular complexity index is 240. The monoisotopic (exact) mass is 236 g/mol. The van der Waals surface area contributed by atoms with E-state index in [4.69, 9.17) is 5.11 Å². The maximum atomic E-state index is 11.1. The summed E-state index contributed by atoms with van der Waals surface area (Å²) in [7, 11) is 0. The van der Waals surface area contributed by atoms with E-state index in [2.05, 4.69) is 26.1 Å². The van der Waals surface area contributed by atoms with E-state index in [-0.39, 0.29) is 23.4 Å². The minimum Gasteiger partial charge on any atom is -0.465 e. The van der Waals surface area contributed by atoms with Crippen LogP contribution in [0.2, 0.25) is 0 Å². The van der Waals surface area contributed by atoms with E-state index in [1.165, 1.54) is 0 Å². The summed E-state index contributed by atoms with van der Waals surface area (Å²) in [5.74, 6) is 0. The summed E-state index contributed by atoms with van der Waals surface area (Å²) < 4.78 is 0. The van der Waals surface area contributed by atoms with Crippen molar-refractivity contribution < 1.29 is 9.90 Å². The number of nitrogens with one attached hydrogen (secondary N) is 1. The lowest BCUT2D eigenvalue weighted by Gasteiger charge is -2.51. The smallest absolute Gasteiger partial charge is 0.407 e. The lowest BCUT2D eigenvalue weighted by molar-refractivity contribution is -0.00103. The van der Waals surface area contributed by atoms with Gasteiger partial charge in [-0.3, -0.25) is 4.90 Å². The summed E-state index contributed by atoms with van der Waals surface area (Å²) in [4.78, 5) is 12.7. The Labute approximate surface area is 97.4 Å². The van der Waals surface area contributed by atoms with Gasteiger partial charge < -0.3 is 10.4 Å². The number of nitrogens with zero attached hydrogens (tertiary/aromatic N) is 1. The third-order valence-electron chi connectivity index (χ3n) is 3.42. The Morgan fingerprint density at radius 2 is 2.00 bits per heavy atom. The molecule has 0 aliphatic carbocycles. The molecule has 1 fully saturated rings. The number of halogens is 1. The zero-order valence-corrected chi connectivity index (χ0v) is 10.6. The van der Waals surface area contributed by atoms with Gasteiger partial charge >= 0.3 is 6.09 Å². The molecule has 1 aliphatic heterocycles. The molecule has 0 aromatic rings. The Morgan fingerprint density at radius 1 is 1.47 bits per heavy atom. The van der Waals surface area contributed by atoms with Crippen LogP contribution < -0.4 is 5.32 Å². The van der Waals surface area contributed by atoms with E-state index in [0.717, 1.165) is 13.1 Å². The van der Waals surface area contributed by atoms with Crippen LogP contribution in [0.4, 0.5) is 4.79 Å². The number of piperazine rings is 1. The van der Waals surface area contributed by atoms with Crippen molar-refractivity contribution in [2.24, 2.45) is 5.41 Å². The molecule has 1 amide bonds. The third-order valence-corrected chi connectivity index (χ3v) is 3.42. The predicted octanol–water partition coefficient (Wildman–Crippen LogP) is 1.80. The van der Waals surface area contributed by atoms with Crippen LogP contribution in [0.3, 0.4) is 0 Å². The fourth-order valence-corrected chi connectivity index (χ4v) is 1.84. The molecule has 15 heavy (non-hydrogen) atoms. The van der Waals surface area contributed by atoms with Crippen molar-refractivity contribution in [3.05, 3.63) is 0 Å². The SMILES string of the molecule is CC(C)(C)[C@]1(C)CNCCN1C(=O)O.Cl. The minimum atomic E-state index is -0.816. The molecule has 1 heterocycles. The van der Waals surface area contributed by atoms with Crippen LogP contribution in [0.15, 0.2) is 0 Å². The van der Waals surface area contributed by atoms with Gasteiger partial charge in [-0.05, 0) is 12.3 Å². The molecule has 90 valence electrons. The molecule has 2 N–H and O–H groups in total. The highest BCUT2D eigenvalue weighted by atomic mass is 35.5. The molecule has 0 radical (unpaired) electrons. The number of hydrogen-bond acceptors (Lipinski definition) is 2. The molecule has 0 unspecified atom stereocenters. The van der Waals surface area contributed by atoms with Crippen LogP contribution in [0.25, 0.3) is 0 Å². The number of carboxylic acid groups (broad SMARTS) is 1. The average molecular weight is 237 g/mol. The summed E-state index contributed by atoms with van der Waals surface area (Å²) in [5, 5.41) is 12.4. The molecule has 0 spiro atoms. The highest BCUT2D eigenvalue weighted by Gasteiger charge is 2.46. The predicted molar refractivity (Wildman–Crippen MR) is 62.7 cm³/mol. The van der Waals surface area contributed by atoms with Crippen molar-refractivity contribution in [1.29, 1.82) is 0 Å². The molecule has 1 rings (SSSR count).